The summed E-state index contributed by atoms with van der Waals surface area (Å²) in [6.45, 7) is 4.56. The Kier molecular flexibility index (Phi) is 2.23. The molecule has 1 N–H and O–H groups in total. The van der Waals surface area contributed by atoms with Crippen molar-refractivity contribution < 1.29 is 9.84 Å². The molecule has 1 aliphatic heterocycles. The Bertz CT molecular complexity index is 342. The number of aliphatic hydroxyl groups is 1. The van der Waals surface area contributed by atoms with Crippen LogP contribution in [0, 0.1) is 0 Å². The highest BCUT2D eigenvalue weighted by Gasteiger charge is 2.28. The zero-order valence-corrected chi connectivity index (χ0v) is 8.71. The second-order valence-electron chi connectivity index (χ2n) is 4.02. The summed E-state index contributed by atoms with van der Waals surface area (Å²) in [6, 6.07) is 6.01. The van der Waals surface area contributed by atoms with E-state index in [0.29, 0.717) is 6.42 Å². The highest BCUT2D eigenvalue weighted by molar-refractivity contribution is 5.46. The first-order chi connectivity index (χ1) is 6.65. The molecule has 0 bridgehead atoms. The number of para-hydroxylation sites is 1. The number of rotatable bonds is 2. The van der Waals surface area contributed by atoms with Crippen molar-refractivity contribution in [3.63, 3.8) is 0 Å². The van der Waals surface area contributed by atoms with Crippen LogP contribution >= 0.6 is 0 Å². The Labute approximate surface area is 84.5 Å². The Morgan fingerprint density at radius 1 is 1.50 bits per heavy atom. The van der Waals surface area contributed by atoms with Crippen molar-refractivity contribution in [1.29, 1.82) is 0 Å². The molecule has 1 heterocycles. The van der Waals surface area contributed by atoms with Gasteiger partial charge in [0.1, 0.15) is 5.75 Å². The lowest BCUT2D eigenvalue weighted by atomic mass is 9.91. The molecule has 0 amide bonds. The van der Waals surface area contributed by atoms with E-state index in [1.54, 1.807) is 0 Å². The van der Waals surface area contributed by atoms with Crippen molar-refractivity contribution in [2.45, 2.75) is 32.3 Å². The average molecular weight is 192 g/mol. The lowest BCUT2D eigenvalue weighted by Crippen LogP contribution is -2.20. The predicted octanol–water partition coefficient (Wildman–Crippen LogP) is 2.24. The first kappa shape index (κ1) is 9.53. The molecule has 2 nitrogen and oxygen atoms in total. The topological polar surface area (TPSA) is 29.5 Å². The summed E-state index contributed by atoms with van der Waals surface area (Å²) in [5, 5.41) is 10.2. The maximum absolute atomic E-state index is 10.2. The number of benzene rings is 1. The Morgan fingerprint density at radius 3 is 3.00 bits per heavy atom. The fourth-order valence-corrected chi connectivity index (χ4v) is 1.83. The van der Waals surface area contributed by atoms with Gasteiger partial charge in [-0.1, -0.05) is 25.1 Å². The zero-order chi connectivity index (χ0) is 10.2. The molecule has 2 heteroatoms. The van der Waals surface area contributed by atoms with Crippen LogP contribution in [0.15, 0.2) is 18.2 Å². The molecule has 0 saturated heterocycles. The molecule has 0 aliphatic carbocycles. The molecule has 0 aromatic heterocycles. The second-order valence-corrected chi connectivity index (χ2v) is 4.02. The van der Waals surface area contributed by atoms with E-state index in [4.69, 9.17) is 4.74 Å². The predicted molar refractivity (Wildman–Crippen MR) is 55.5 cm³/mol. The van der Waals surface area contributed by atoms with Gasteiger partial charge in [-0.15, -0.1) is 0 Å². The Balaban J connectivity index is 2.49. The lowest BCUT2D eigenvalue weighted by molar-refractivity contribution is 0.0504. The Hall–Kier alpha value is -1.02. The van der Waals surface area contributed by atoms with E-state index in [-0.39, 0.29) is 0 Å². The molecule has 1 aromatic carbocycles. The van der Waals surface area contributed by atoms with E-state index in [0.717, 1.165) is 24.3 Å². The van der Waals surface area contributed by atoms with Crippen molar-refractivity contribution in [3.05, 3.63) is 29.3 Å². The minimum absolute atomic E-state index is 0.701. The summed E-state index contributed by atoms with van der Waals surface area (Å²) >= 11 is 0. The van der Waals surface area contributed by atoms with Crippen LogP contribution < -0.4 is 4.74 Å². The van der Waals surface area contributed by atoms with Crippen LogP contribution in [0.25, 0.3) is 0 Å². The smallest absolute Gasteiger partial charge is 0.128 e. The van der Waals surface area contributed by atoms with Gasteiger partial charge in [0, 0.05) is 12.0 Å². The molecule has 2 rings (SSSR count). The van der Waals surface area contributed by atoms with Crippen LogP contribution in [0.1, 0.15) is 31.4 Å². The van der Waals surface area contributed by atoms with Gasteiger partial charge in [0.2, 0.25) is 0 Å². The largest absolute Gasteiger partial charge is 0.493 e. The van der Waals surface area contributed by atoms with Crippen LogP contribution in [-0.4, -0.2) is 11.7 Å². The SMILES string of the molecule is CCC(C)(O)c1cccc2c1OCC2. The fourth-order valence-electron chi connectivity index (χ4n) is 1.83. The normalized spacial score (nSPS) is 18.5. The van der Waals surface area contributed by atoms with Crippen molar-refractivity contribution in [1.82, 2.24) is 0 Å². The maximum atomic E-state index is 10.2. The quantitative estimate of drug-likeness (QED) is 0.778. The first-order valence-corrected chi connectivity index (χ1v) is 5.12. The van der Waals surface area contributed by atoms with Crippen LogP contribution in [0.2, 0.25) is 0 Å². The monoisotopic (exact) mass is 192 g/mol. The molecule has 1 aromatic rings. The van der Waals surface area contributed by atoms with Gasteiger partial charge in [-0.25, -0.2) is 0 Å². The van der Waals surface area contributed by atoms with Gasteiger partial charge in [-0.05, 0) is 18.9 Å². The van der Waals surface area contributed by atoms with Crippen molar-refractivity contribution >= 4 is 0 Å². The number of hydrogen-bond acceptors (Lipinski definition) is 2. The Morgan fingerprint density at radius 2 is 2.29 bits per heavy atom. The molecule has 0 radical (unpaired) electrons. The van der Waals surface area contributed by atoms with Crippen molar-refractivity contribution in [2.75, 3.05) is 6.61 Å². The van der Waals surface area contributed by atoms with E-state index in [9.17, 15) is 5.11 Å². The van der Waals surface area contributed by atoms with Gasteiger partial charge >= 0.3 is 0 Å². The summed E-state index contributed by atoms with van der Waals surface area (Å²) in [5.74, 6) is 0.902. The molecule has 1 aliphatic rings. The summed E-state index contributed by atoms with van der Waals surface area (Å²) < 4.78 is 5.56. The van der Waals surface area contributed by atoms with E-state index in [1.165, 1.54) is 5.56 Å². The highest BCUT2D eigenvalue weighted by Crippen LogP contribution is 2.37. The van der Waals surface area contributed by atoms with Gasteiger partial charge in [0.25, 0.3) is 0 Å². The summed E-state index contributed by atoms with van der Waals surface area (Å²) in [5.41, 5.74) is 1.38. The number of fused-ring (bicyclic) bond motifs is 1. The molecular weight excluding hydrogens is 176 g/mol. The van der Waals surface area contributed by atoms with Crippen LogP contribution in [-0.2, 0) is 12.0 Å². The molecule has 0 saturated carbocycles. The van der Waals surface area contributed by atoms with Crippen LogP contribution in [0.5, 0.6) is 5.75 Å². The molecule has 1 unspecified atom stereocenters. The van der Waals surface area contributed by atoms with Crippen LogP contribution in [0.4, 0.5) is 0 Å². The minimum Gasteiger partial charge on any atom is -0.493 e. The van der Waals surface area contributed by atoms with E-state index >= 15 is 0 Å². The third kappa shape index (κ3) is 1.40. The third-order valence-electron chi connectivity index (χ3n) is 2.98. The van der Waals surface area contributed by atoms with E-state index in [2.05, 4.69) is 6.07 Å². The summed E-state index contributed by atoms with van der Waals surface area (Å²) in [7, 11) is 0. The molecule has 76 valence electrons. The molecule has 14 heavy (non-hydrogen) atoms. The molecule has 1 atom stereocenters. The van der Waals surface area contributed by atoms with E-state index in [1.807, 2.05) is 26.0 Å². The zero-order valence-electron chi connectivity index (χ0n) is 8.71. The molecule has 0 spiro atoms. The lowest BCUT2D eigenvalue weighted by Gasteiger charge is -2.23. The standard InChI is InChI=1S/C12H16O2/c1-3-12(2,13)10-6-4-5-9-7-8-14-11(9)10/h4-6,13H,3,7-8H2,1-2H3. The van der Waals surface area contributed by atoms with Gasteiger partial charge in [0.15, 0.2) is 0 Å². The highest BCUT2D eigenvalue weighted by atomic mass is 16.5. The second kappa shape index (κ2) is 3.28. The van der Waals surface area contributed by atoms with Crippen molar-refractivity contribution in [2.24, 2.45) is 0 Å². The van der Waals surface area contributed by atoms with E-state index < -0.39 is 5.60 Å². The maximum Gasteiger partial charge on any atom is 0.128 e. The average Bonchev–Trinajstić information content (AvgIpc) is 2.64. The fraction of sp³-hybridized carbons (Fsp3) is 0.500. The minimum atomic E-state index is -0.768. The number of ether oxygens (including phenoxy) is 1. The number of hydrogen-bond donors (Lipinski definition) is 1. The van der Waals surface area contributed by atoms with Crippen LogP contribution in [0.3, 0.4) is 0 Å². The molecular formula is C12H16O2. The van der Waals surface area contributed by atoms with Gasteiger partial charge in [-0.3, -0.25) is 0 Å². The summed E-state index contributed by atoms with van der Waals surface area (Å²) in [6.07, 6.45) is 1.66. The van der Waals surface area contributed by atoms with Gasteiger partial charge < -0.3 is 9.84 Å². The first-order valence-electron chi connectivity index (χ1n) is 5.12. The molecule has 0 fully saturated rings. The van der Waals surface area contributed by atoms with Gasteiger partial charge in [0.05, 0.1) is 12.2 Å². The summed E-state index contributed by atoms with van der Waals surface area (Å²) in [4.78, 5) is 0. The van der Waals surface area contributed by atoms with Gasteiger partial charge in [-0.2, -0.15) is 0 Å². The van der Waals surface area contributed by atoms with Crippen molar-refractivity contribution in [3.8, 4) is 5.75 Å². The third-order valence-corrected chi connectivity index (χ3v) is 2.98.